The van der Waals surface area contributed by atoms with Crippen LogP contribution in [0.3, 0.4) is 0 Å². The number of carbonyl (C=O) groups is 2. The van der Waals surface area contributed by atoms with Crippen molar-refractivity contribution in [3.63, 3.8) is 0 Å². The molecule has 0 radical (unpaired) electrons. The van der Waals surface area contributed by atoms with Gasteiger partial charge in [0.2, 0.25) is 0 Å². The number of halogens is 1. The lowest BCUT2D eigenvalue weighted by Gasteiger charge is -2.30. The molecule has 2 amide bonds. The smallest absolute Gasteiger partial charge is 0.272 e. The molecule has 0 saturated carbocycles. The molecule has 1 N–H and O–H groups in total. The highest BCUT2D eigenvalue weighted by molar-refractivity contribution is 6.30. The second-order valence-corrected chi connectivity index (χ2v) is 7.48. The highest BCUT2D eigenvalue weighted by Crippen LogP contribution is 2.18. The summed E-state index contributed by atoms with van der Waals surface area (Å²) in [6.07, 6.45) is 4.23. The summed E-state index contributed by atoms with van der Waals surface area (Å²) in [4.78, 5) is 31.0. The molecule has 2 aromatic rings. The molecule has 142 valence electrons. The van der Waals surface area contributed by atoms with E-state index in [0.29, 0.717) is 35.2 Å². The Morgan fingerprint density at radius 2 is 2.00 bits per heavy atom. The van der Waals surface area contributed by atoms with Gasteiger partial charge in [0.05, 0.1) is 0 Å². The van der Waals surface area contributed by atoms with Crippen LogP contribution in [0.15, 0.2) is 42.6 Å². The van der Waals surface area contributed by atoms with Crippen LogP contribution in [0.25, 0.3) is 0 Å². The second-order valence-electron chi connectivity index (χ2n) is 7.04. The average molecular weight is 386 g/mol. The Labute approximate surface area is 164 Å². The SMILES string of the molecule is CC1CCN(C(=O)c2cc(C(=O)NCCc3cccc(Cl)c3)ccn2)CC1. The van der Waals surface area contributed by atoms with Gasteiger partial charge in [-0.1, -0.05) is 30.7 Å². The zero-order valence-electron chi connectivity index (χ0n) is 15.5. The predicted octanol–water partition coefficient (Wildman–Crippen LogP) is 3.58. The second kappa shape index (κ2) is 9.00. The van der Waals surface area contributed by atoms with Crippen molar-refractivity contribution in [3.8, 4) is 0 Å². The molecule has 3 rings (SSSR count). The molecule has 0 bridgehead atoms. The van der Waals surface area contributed by atoms with Crippen LogP contribution in [0.2, 0.25) is 5.02 Å². The minimum Gasteiger partial charge on any atom is -0.352 e. The molecule has 2 heterocycles. The molecule has 0 spiro atoms. The number of benzene rings is 1. The van der Waals surface area contributed by atoms with Crippen LogP contribution in [0.4, 0.5) is 0 Å². The molecule has 6 heteroatoms. The summed E-state index contributed by atoms with van der Waals surface area (Å²) < 4.78 is 0. The topological polar surface area (TPSA) is 62.3 Å². The molecule has 1 aromatic heterocycles. The van der Waals surface area contributed by atoms with Crippen LogP contribution in [-0.2, 0) is 6.42 Å². The van der Waals surface area contributed by atoms with Gasteiger partial charge in [0.25, 0.3) is 11.8 Å². The summed E-state index contributed by atoms with van der Waals surface area (Å²) in [5.74, 6) is 0.342. The number of aromatic nitrogens is 1. The van der Waals surface area contributed by atoms with Gasteiger partial charge in [-0.3, -0.25) is 14.6 Å². The molecular formula is C21H24ClN3O2. The normalized spacial score (nSPS) is 14.8. The van der Waals surface area contributed by atoms with Crippen LogP contribution >= 0.6 is 11.6 Å². The number of amides is 2. The molecule has 1 aromatic carbocycles. The Kier molecular flexibility index (Phi) is 6.45. The van der Waals surface area contributed by atoms with E-state index in [1.807, 2.05) is 29.2 Å². The first kappa shape index (κ1) is 19.4. The van der Waals surface area contributed by atoms with Gasteiger partial charge in [-0.15, -0.1) is 0 Å². The van der Waals surface area contributed by atoms with Gasteiger partial charge in [0, 0.05) is 36.4 Å². The number of nitrogens with zero attached hydrogens (tertiary/aromatic N) is 2. The predicted molar refractivity (Wildman–Crippen MR) is 106 cm³/mol. The number of nitrogens with one attached hydrogen (secondary N) is 1. The quantitative estimate of drug-likeness (QED) is 0.855. The molecule has 1 fully saturated rings. The molecule has 5 nitrogen and oxygen atoms in total. The fourth-order valence-electron chi connectivity index (χ4n) is 3.18. The molecule has 0 aliphatic carbocycles. The first-order valence-corrected chi connectivity index (χ1v) is 9.68. The third-order valence-electron chi connectivity index (χ3n) is 4.90. The summed E-state index contributed by atoms with van der Waals surface area (Å²) in [5.41, 5.74) is 1.84. The van der Waals surface area contributed by atoms with E-state index >= 15 is 0 Å². The summed E-state index contributed by atoms with van der Waals surface area (Å²) in [6, 6.07) is 10.8. The van der Waals surface area contributed by atoms with Crippen LogP contribution in [0, 0.1) is 5.92 Å². The van der Waals surface area contributed by atoms with Crippen molar-refractivity contribution < 1.29 is 9.59 Å². The summed E-state index contributed by atoms with van der Waals surface area (Å²) in [7, 11) is 0. The lowest BCUT2D eigenvalue weighted by molar-refractivity contribution is 0.0691. The van der Waals surface area contributed by atoms with E-state index < -0.39 is 0 Å². The number of piperidine rings is 1. The van der Waals surface area contributed by atoms with E-state index in [9.17, 15) is 9.59 Å². The first-order chi connectivity index (χ1) is 13.0. The summed E-state index contributed by atoms with van der Waals surface area (Å²) in [6.45, 7) is 4.19. The van der Waals surface area contributed by atoms with Gasteiger partial charge in [0.1, 0.15) is 5.69 Å². The van der Waals surface area contributed by atoms with Crippen molar-refractivity contribution in [2.45, 2.75) is 26.2 Å². The minimum absolute atomic E-state index is 0.101. The van der Waals surface area contributed by atoms with Crippen molar-refractivity contribution in [1.82, 2.24) is 15.2 Å². The van der Waals surface area contributed by atoms with Gasteiger partial charge < -0.3 is 10.2 Å². The van der Waals surface area contributed by atoms with Crippen LogP contribution in [-0.4, -0.2) is 41.3 Å². The highest BCUT2D eigenvalue weighted by atomic mass is 35.5. The molecular weight excluding hydrogens is 362 g/mol. The molecule has 1 saturated heterocycles. The maximum atomic E-state index is 12.6. The Hall–Kier alpha value is -2.40. The number of pyridine rings is 1. The fraction of sp³-hybridized carbons (Fsp3) is 0.381. The van der Waals surface area contributed by atoms with E-state index in [1.54, 1.807) is 12.1 Å². The first-order valence-electron chi connectivity index (χ1n) is 9.31. The number of carbonyl (C=O) groups excluding carboxylic acids is 2. The number of likely N-dealkylation sites (tertiary alicyclic amines) is 1. The fourth-order valence-corrected chi connectivity index (χ4v) is 3.39. The zero-order chi connectivity index (χ0) is 19.2. The van der Waals surface area contributed by atoms with Gasteiger partial charge in [0.15, 0.2) is 0 Å². The molecule has 1 aliphatic rings. The van der Waals surface area contributed by atoms with Crippen molar-refractivity contribution in [2.75, 3.05) is 19.6 Å². The lowest BCUT2D eigenvalue weighted by atomic mass is 9.99. The average Bonchev–Trinajstić information content (AvgIpc) is 2.68. The molecule has 1 aliphatic heterocycles. The summed E-state index contributed by atoms with van der Waals surface area (Å²) >= 11 is 5.97. The summed E-state index contributed by atoms with van der Waals surface area (Å²) in [5, 5.41) is 3.57. The van der Waals surface area contributed by atoms with Crippen molar-refractivity contribution in [1.29, 1.82) is 0 Å². The van der Waals surface area contributed by atoms with Gasteiger partial charge in [-0.2, -0.15) is 0 Å². The molecule has 27 heavy (non-hydrogen) atoms. The lowest BCUT2D eigenvalue weighted by Crippen LogP contribution is -2.38. The number of rotatable bonds is 5. The Balaban J connectivity index is 1.57. The van der Waals surface area contributed by atoms with Gasteiger partial charge >= 0.3 is 0 Å². The van der Waals surface area contributed by atoms with E-state index in [1.165, 1.54) is 6.20 Å². The molecule has 0 unspecified atom stereocenters. The van der Waals surface area contributed by atoms with E-state index in [-0.39, 0.29) is 11.8 Å². The zero-order valence-corrected chi connectivity index (χ0v) is 16.2. The van der Waals surface area contributed by atoms with Crippen LogP contribution < -0.4 is 5.32 Å². The van der Waals surface area contributed by atoms with Crippen molar-refractivity contribution in [3.05, 3.63) is 64.4 Å². The Morgan fingerprint density at radius 1 is 1.22 bits per heavy atom. The number of hydrogen-bond acceptors (Lipinski definition) is 3. The van der Waals surface area contributed by atoms with Crippen molar-refractivity contribution in [2.24, 2.45) is 5.92 Å². The van der Waals surface area contributed by atoms with E-state index in [4.69, 9.17) is 11.6 Å². The largest absolute Gasteiger partial charge is 0.352 e. The third-order valence-corrected chi connectivity index (χ3v) is 5.14. The maximum absolute atomic E-state index is 12.6. The monoisotopic (exact) mass is 385 g/mol. The highest BCUT2D eigenvalue weighted by Gasteiger charge is 2.22. The standard InChI is InChI=1S/C21H24ClN3O2/c1-15-7-11-25(12-8-15)21(27)19-14-17(6-10-23-19)20(26)24-9-5-16-3-2-4-18(22)13-16/h2-4,6,10,13-15H,5,7-9,11-12H2,1H3,(H,24,26). The van der Waals surface area contributed by atoms with Gasteiger partial charge in [-0.05, 0) is 55.0 Å². The number of hydrogen-bond donors (Lipinski definition) is 1. The van der Waals surface area contributed by atoms with Crippen LogP contribution in [0.1, 0.15) is 46.2 Å². The van der Waals surface area contributed by atoms with Gasteiger partial charge in [-0.25, -0.2) is 0 Å². The minimum atomic E-state index is -0.208. The van der Waals surface area contributed by atoms with E-state index in [2.05, 4.69) is 17.2 Å². The van der Waals surface area contributed by atoms with Crippen molar-refractivity contribution >= 4 is 23.4 Å². The van der Waals surface area contributed by atoms with Crippen LogP contribution in [0.5, 0.6) is 0 Å². The Morgan fingerprint density at radius 3 is 2.74 bits per heavy atom. The molecule has 0 atom stereocenters. The Bertz CT molecular complexity index is 817. The maximum Gasteiger partial charge on any atom is 0.272 e. The third kappa shape index (κ3) is 5.30. The van der Waals surface area contributed by atoms with E-state index in [0.717, 1.165) is 31.5 Å².